The molecule has 1 amide bonds. The smallest absolute Gasteiger partial charge is 0.256 e. The van der Waals surface area contributed by atoms with E-state index >= 15 is 0 Å². The van der Waals surface area contributed by atoms with Gasteiger partial charge in [-0.15, -0.1) is 59.1 Å². The summed E-state index contributed by atoms with van der Waals surface area (Å²) < 4.78 is 0. The van der Waals surface area contributed by atoms with Gasteiger partial charge in [-0.05, 0) is 125 Å². The van der Waals surface area contributed by atoms with Crippen molar-refractivity contribution in [1.29, 1.82) is 0 Å². The number of aromatic nitrogens is 4. The van der Waals surface area contributed by atoms with Gasteiger partial charge in [0.2, 0.25) is 11.9 Å². The molecule has 2 aliphatic rings. The van der Waals surface area contributed by atoms with Gasteiger partial charge in [-0.1, -0.05) is 66.0 Å². The highest BCUT2D eigenvalue weighted by atomic mass is 127. The average molecular weight is 1110 g/mol. The molecule has 6 heterocycles. The fourth-order valence-corrected chi connectivity index (χ4v) is 9.48. The zero-order valence-corrected chi connectivity index (χ0v) is 41.5. The lowest BCUT2D eigenvalue weighted by molar-refractivity contribution is 0.0718. The van der Waals surface area contributed by atoms with Crippen LogP contribution in [0.1, 0.15) is 63.6 Å². The molecular weight excluding hydrogens is 1060 g/mol. The van der Waals surface area contributed by atoms with Gasteiger partial charge in [-0.2, -0.15) is 0 Å². The fraction of sp³-hybridized carbons (Fsp3) is 0.302. The maximum absolute atomic E-state index is 12.8. The summed E-state index contributed by atoms with van der Waals surface area (Å²) in [6.45, 7) is 7.59. The molecule has 0 radical (unpaired) electrons. The van der Waals surface area contributed by atoms with Gasteiger partial charge in [-0.3, -0.25) is 9.59 Å². The Kier molecular flexibility index (Phi) is 22.6. The van der Waals surface area contributed by atoms with Crippen LogP contribution in [0.3, 0.4) is 0 Å². The number of carbonyl (C=O) groups is 2. The van der Waals surface area contributed by atoms with Crippen molar-refractivity contribution >= 4 is 140 Å². The van der Waals surface area contributed by atoms with E-state index < -0.39 is 5.24 Å². The van der Waals surface area contributed by atoms with Crippen molar-refractivity contribution in [1.82, 2.24) is 30.2 Å². The monoisotopic (exact) mass is 1110 g/mol. The quantitative estimate of drug-likeness (QED) is 0.101. The lowest BCUT2D eigenvalue weighted by Gasteiger charge is -2.32. The Hall–Kier alpha value is -2.83. The Morgan fingerprint density at radius 1 is 0.661 bits per heavy atom. The maximum atomic E-state index is 12.8. The van der Waals surface area contributed by atoms with Gasteiger partial charge in [0, 0.05) is 47.3 Å². The van der Waals surface area contributed by atoms with E-state index in [1.165, 1.54) is 14.6 Å². The molecule has 6 aromatic rings. The number of amides is 1. The van der Waals surface area contributed by atoms with Gasteiger partial charge < -0.3 is 20.9 Å². The zero-order chi connectivity index (χ0) is 41.9. The minimum Gasteiger partial charge on any atom is -0.351 e. The molecule has 19 heteroatoms. The Bertz CT molecular complexity index is 2330. The predicted molar refractivity (Wildman–Crippen MR) is 275 cm³/mol. The molecule has 2 aliphatic heterocycles. The molecule has 0 bridgehead atoms. The largest absolute Gasteiger partial charge is 0.351 e. The Balaban J connectivity index is 0.000000268. The third kappa shape index (κ3) is 15.1. The summed E-state index contributed by atoms with van der Waals surface area (Å²) in [5.41, 5.74) is 2.47. The molecule has 0 atom stereocenters. The summed E-state index contributed by atoms with van der Waals surface area (Å²) in [5.74, 6) is 1.24. The van der Waals surface area contributed by atoms with Crippen molar-refractivity contribution in [2.24, 2.45) is 0 Å². The predicted octanol–water partition coefficient (Wildman–Crippen LogP) is 13.3. The first-order chi connectivity index (χ1) is 28.4. The van der Waals surface area contributed by atoms with Gasteiger partial charge in [0.15, 0.2) is 0 Å². The molecule has 0 unspecified atom stereocenters. The van der Waals surface area contributed by atoms with Crippen LogP contribution in [0, 0.1) is 13.8 Å². The molecule has 2 aromatic carbocycles. The van der Waals surface area contributed by atoms with Crippen LogP contribution < -0.4 is 16.0 Å². The molecule has 10 nitrogen and oxygen atoms in total. The van der Waals surface area contributed by atoms with Crippen LogP contribution in [-0.4, -0.2) is 74.2 Å². The van der Waals surface area contributed by atoms with E-state index in [0.717, 1.165) is 61.0 Å². The van der Waals surface area contributed by atoms with E-state index in [0.29, 0.717) is 40.7 Å². The third-order valence-corrected chi connectivity index (χ3v) is 12.9. The number of hydrogen-bond acceptors (Lipinski definition) is 11. The number of likely N-dealkylation sites (tertiary alicyclic amines) is 1. The van der Waals surface area contributed by atoms with Gasteiger partial charge in [0.1, 0.15) is 0 Å². The molecule has 0 spiro atoms. The lowest BCUT2D eigenvalue weighted by atomic mass is 10.0. The molecule has 0 aliphatic carbocycles. The summed E-state index contributed by atoms with van der Waals surface area (Å²) in [6, 6.07) is 22.9. The van der Waals surface area contributed by atoms with Crippen LogP contribution in [0.4, 0.5) is 11.9 Å². The number of benzene rings is 2. The minimum absolute atomic E-state index is 0. The molecule has 3 N–H and O–H groups in total. The van der Waals surface area contributed by atoms with E-state index in [4.69, 9.17) is 58.0 Å². The number of nitrogens with zero attached hydrogens (tertiary/aromatic N) is 5. The van der Waals surface area contributed by atoms with Crippen LogP contribution in [0.2, 0.25) is 20.1 Å². The van der Waals surface area contributed by atoms with E-state index in [9.17, 15) is 9.59 Å². The third-order valence-electron chi connectivity index (χ3n) is 9.42. The van der Waals surface area contributed by atoms with E-state index in [-0.39, 0.29) is 71.4 Å². The van der Waals surface area contributed by atoms with Crippen molar-refractivity contribution in [2.45, 2.75) is 59.0 Å². The highest BCUT2D eigenvalue weighted by molar-refractivity contribution is 14.0. The van der Waals surface area contributed by atoms with Gasteiger partial charge in [-0.25, -0.2) is 19.9 Å². The molecule has 62 heavy (non-hydrogen) atoms. The summed E-state index contributed by atoms with van der Waals surface area (Å²) in [6.07, 6.45) is 7.48. The summed E-state index contributed by atoms with van der Waals surface area (Å²) >= 11 is 32.3. The van der Waals surface area contributed by atoms with Crippen LogP contribution in [0.5, 0.6) is 0 Å². The Labute approximate surface area is 419 Å². The van der Waals surface area contributed by atoms with E-state index in [1.54, 1.807) is 70.2 Å². The number of carbonyl (C=O) groups excluding carboxylic acids is 2. The number of hydrogen-bond donors (Lipinski definition) is 3. The minimum atomic E-state index is -0.638. The number of aryl methyl sites for hydroxylation is 2. The van der Waals surface area contributed by atoms with E-state index in [1.807, 2.05) is 18.3 Å². The number of halogens is 7. The van der Waals surface area contributed by atoms with Crippen molar-refractivity contribution in [2.75, 3.05) is 36.8 Å². The molecule has 2 fully saturated rings. The maximum Gasteiger partial charge on any atom is 0.256 e. The van der Waals surface area contributed by atoms with Crippen molar-refractivity contribution < 1.29 is 9.59 Å². The second-order valence-corrected chi connectivity index (χ2v) is 18.2. The first-order valence-corrected chi connectivity index (χ1v) is 22.4. The number of nitrogens with one attached hydrogen (secondary N) is 3. The van der Waals surface area contributed by atoms with Crippen LogP contribution in [0.15, 0.2) is 85.2 Å². The highest BCUT2D eigenvalue weighted by Crippen LogP contribution is 2.30. The molecular formula is C43H47Cl6IN8O2S2. The van der Waals surface area contributed by atoms with Gasteiger partial charge in [0.25, 0.3) is 11.1 Å². The van der Waals surface area contributed by atoms with Crippen LogP contribution >= 0.6 is 117 Å². The average Bonchev–Trinajstić information content (AvgIpc) is 3.87. The standard InChI is InChI=1S/C21H20Cl2N4OS.C14H18N4S.C7H3Cl3O.CH4.ClH.HI/c1-13-5-6-18(29-13)17-7-10-24-21(26-17)25-14-8-11-27(12-9-14)20(28)19-15(22)3-2-4-16(19)23;1-10-2-3-13(19-10)12-6-9-16-14(18-12)17-11-4-7-15-8-5-11;8-4-2-1-3-5(9)6(4)7(10)11;;;/h2-7,10,14H,8-9,11-12H2,1H3,(H,24,25,26);2-3,6,9,11,15H,4-5,7-8H2,1H3,(H,16,17,18);1-3H;1H4;2*1H. The molecule has 332 valence electrons. The fourth-order valence-electron chi connectivity index (χ4n) is 6.38. The Morgan fingerprint density at radius 2 is 1.08 bits per heavy atom. The topological polar surface area (TPSA) is 125 Å². The zero-order valence-electron chi connectivity index (χ0n) is 33.0. The highest BCUT2D eigenvalue weighted by Gasteiger charge is 2.27. The summed E-state index contributed by atoms with van der Waals surface area (Å²) in [5, 5.41) is 10.9. The number of thiophene rings is 2. The number of anilines is 2. The molecule has 8 rings (SSSR count). The summed E-state index contributed by atoms with van der Waals surface area (Å²) in [7, 11) is 0. The van der Waals surface area contributed by atoms with Crippen LogP contribution in [-0.2, 0) is 0 Å². The molecule has 2 saturated heterocycles. The number of piperidine rings is 2. The Morgan fingerprint density at radius 3 is 1.47 bits per heavy atom. The first-order valence-electron chi connectivity index (χ1n) is 18.9. The SMILES string of the molecule is C.Cc1ccc(-c2ccnc(NC3CCN(C(=O)c4c(Cl)cccc4Cl)CC3)n2)s1.Cc1ccc(-c2ccnc(NC3CCNCC3)n2)s1.Cl.I.O=C(Cl)c1c(Cl)cccc1Cl. The second-order valence-electron chi connectivity index (χ2n) is 13.7. The molecule has 4 aromatic heterocycles. The first kappa shape index (κ1) is 53.5. The summed E-state index contributed by atoms with van der Waals surface area (Å²) in [4.78, 5) is 48.2. The number of rotatable bonds is 8. The lowest BCUT2D eigenvalue weighted by Crippen LogP contribution is -2.42. The molecule has 0 saturated carbocycles. The normalized spacial score (nSPS) is 13.7. The van der Waals surface area contributed by atoms with Gasteiger partial charge >= 0.3 is 0 Å². The van der Waals surface area contributed by atoms with Gasteiger partial charge in [0.05, 0.1) is 52.4 Å². The van der Waals surface area contributed by atoms with E-state index in [2.05, 4.69) is 74.0 Å². The van der Waals surface area contributed by atoms with Crippen molar-refractivity contribution in [3.8, 4) is 21.1 Å². The van der Waals surface area contributed by atoms with Crippen molar-refractivity contribution in [3.05, 3.63) is 126 Å². The van der Waals surface area contributed by atoms with Crippen molar-refractivity contribution in [3.63, 3.8) is 0 Å². The second kappa shape index (κ2) is 26.2. The van der Waals surface area contributed by atoms with Crippen LogP contribution in [0.25, 0.3) is 21.1 Å².